The van der Waals surface area contributed by atoms with E-state index < -0.39 is 11.3 Å². The number of rotatable bonds is 1. The number of carbonyl (C=O) groups is 1. The number of benzene rings is 1. The summed E-state index contributed by atoms with van der Waals surface area (Å²) in [4.78, 5) is 22.8. The fraction of sp³-hybridized carbons (Fsp3) is 0.0909. The molecule has 82 valence electrons. The van der Waals surface area contributed by atoms with Crippen LogP contribution in [0.25, 0.3) is 10.9 Å². The largest absolute Gasteiger partial charge is 0.503 e. The van der Waals surface area contributed by atoms with Gasteiger partial charge < -0.3 is 15.4 Å². The van der Waals surface area contributed by atoms with Crippen LogP contribution in [0.1, 0.15) is 10.4 Å². The van der Waals surface area contributed by atoms with Crippen molar-refractivity contribution in [1.29, 1.82) is 0 Å². The second kappa shape index (κ2) is 3.37. The number of hydrogen-bond acceptors (Lipinski definition) is 3. The minimum absolute atomic E-state index is 0.261. The summed E-state index contributed by atoms with van der Waals surface area (Å²) >= 11 is 0. The number of hydrogen-bond donors (Lipinski definition) is 2. The quantitative estimate of drug-likeness (QED) is 0.723. The molecule has 3 N–H and O–H groups in total. The molecule has 0 aliphatic rings. The number of nitrogens with zero attached hydrogens (tertiary/aromatic N) is 1. The summed E-state index contributed by atoms with van der Waals surface area (Å²) in [6.07, 6.45) is 1.26. The normalized spacial score (nSPS) is 10.6. The van der Waals surface area contributed by atoms with Crippen molar-refractivity contribution < 1.29 is 9.90 Å². The second-order valence-electron chi connectivity index (χ2n) is 3.52. The van der Waals surface area contributed by atoms with Crippen molar-refractivity contribution in [1.82, 2.24) is 4.57 Å². The van der Waals surface area contributed by atoms with E-state index in [9.17, 15) is 14.7 Å². The predicted octanol–water partition coefficient (Wildman–Crippen LogP) is 0.343. The summed E-state index contributed by atoms with van der Waals surface area (Å²) in [5.74, 6) is -0.956. The SMILES string of the molecule is Cn1cc(O)c(=O)c2cccc(C(N)=O)c21. The average Bonchev–Trinajstić information content (AvgIpc) is 2.25. The van der Waals surface area contributed by atoms with Gasteiger partial charge in [-0.15, -0.1) is 0 Å². The van der Waals surface area contributed by atoms with Crippen LogP contribution in [0.5, 0.6) is 5.75 Å². The average molecular weight is 218 g/mol. The summed E-state index contributed by atoms with van der Waals surface area (Å²) in [5, 5.41) is 9.65. The number of primary amides is 1. The first kappa shape index (κ1) is 10.2. The number of aromatic hydroxyl groups is 1. The highest BCUT2D eigenvalue weighted by Crippen LogP contribution is 2.17. The molecule has 0 bridgehead atoms. The van der Waals surface area contributed by atoms with Gasteiger partial charge in [-0.3, -0.25) is 9.59 Å². The van der Waals surface area contributed by atoms with Gasteiger partial charge in [0.1, 0.15) is 0 Å². The van der Waals surface area contributed by atoms with Gasteiger partial charge in [-0.05, 0) is 12.1 Å². The summed E-state index contributed by atoms with van der Waals surface area (Å²) < 4.78 is 1.51. The molecular formula is C11H10N2O3. The minimum Gasteiger partial charge on any atom is -0.503 e. The van der Waals surface area contributed by atoms with Crippen molar-refractivity contribution >= 4 is 16.8 Å². The van der Waals surface area contributed by atoms with E-state index in [1.807, 2.05) is 0 Å². The standard InChI is InChI=1S/C11H10N2O3/c1-13-5-8(14)10(15)6-3-2-4-7(9(6)13)11(12)16/h2-5,14H,1H3,(H2,12,16). The number of fused-ring (bicyclic) bond motifs is 1. The number of aryl methyl sites for hydroxylation is 1. The Balaban J connectivity index is 3.05. The van der Waals surface area contributed by atoms with E-state index >= 15 is 0 Å². The Bertz CT molecular complexity index is 643. The fourth-order valence-electron chi connectivity index (χ4n) is 1.75. The molecular weight excluding hydrogens is 208 g/mol. The van der Waals surface area contributed by atoms with Crippen molar-refractivity contribution in [2.24, 2.45) is 12.8 Å². The molecule has 0 saturated carbocycles. The molecule has 5 heteroatoms. The van der Waals surface area contributed by atoms with Gasteiger partial charge in [0.15, 0.2) is 5.75 Å². The third-order valence-corrected chi connectivity index (χ3v) is 2.45. The molecule has 1 amide bonds. The van der Waals surface area contributed by atoms with Crippen molar-refractivity contribution in [2.45, 2.75) is 0 Å². The molecule has 1 heterocycles. The maximum atomic E-state index is 11.6. The van der Waals surface area contributed by atoms with Crippen LogP contribution >= 0.6 is 0 Å². The summed E-state index contributed by atoms with van der Waals surface area (Å²) in [5.41, 5.74) is 5.41. The van der Waals surface area contributed by atoms with Crippen LogP contribution in [-0.2, 0) is 7.05 Å². The Morgan fingerprint density at radius 1 is 1.44 bits per heavy atom. The molecule has 1 aromatic carbocycles. The Kier molecular flexibility index (Phi) is 2.16. The van der Waals surface area contributed by atoms with Crippen LogP contribution in [-0.4, -0.2) is 15.6 Å². The van der Waals surface area contributed by atoms with Gasteiger partial charge in [0.05, 0.1) is 22.7 Å². The lowest BCUT2D eigenvalue weighted by Gasteiger charge is -2.08. The summed E-state index contributed by atoms with van der Waals surface area (Å²) in [6, 6.07) is 4.65. The number of para-hydroxylation sites is 1. The Labute approximate surface area is 90.7 Å². The molecule has 0 saturated heterocycles. The van der Waals surface area contributed by atoms with E-state index in [-0.39, 0.29) is 16.7 Å². The summed E-state index contributed by atoms with van der Waals surface area (Å²) in [7, 11) is 1.63. The molecule has 2 rings (SSSR count). The van der Waals surface area contributed by atoms with Crippen LogP contribution in [0.4, 0.5) is 0 Å². The third-order valence-electron chi connectivity index (χ3n) is 2.45. The van der Waals surface area contributed by atoms with E-state index in [1.165, 1.54) is 10.8 Å². The maximum absolute atomic E-state index is 11.6. The first-order chi connectivity index (χ1) is 7.52. The zero-order valence-electron chi connectivity index (χ0n) is 8.60. The zero-order valence-corrected chi connectivity index (χ0v) is 8.60. The van der Waals surface area contributed by atoms with Crippen LogP contribution < -0.4 is 11.2 Å². The molecule has 0 fully saturated rings. The van der Waals surface area contributed by atoms with Gasteiger partial charge in [0.2, 0.25) is 5.43 Å². The van der Waals surface area contributed by atoms with Crippen molar-refractivity contribution in [3.8, 4) is 5.75 Å². The minimum atomic E-state index is -0.605. The van der Waals surface area contributed by atoms with E-state index in [0.29, 0.717) is 5.52 Å². The molecule has 0 aliphatic carbocycles. The van der Waals surface area contributed by atoms with Crippen molar-refractivity contribution in [3.05, 3.63) is 40.2 Å². The number of carbonyl (C=O) groups excluding carboxylic acids is 1. The molecule has 5 nitrogen and oxygen atoms in total. The van der Waals surface area contributed by atoms with E-state index in [4.69, 9.17) is 5.73 Å². The molecule has 0 spiro atoms. The van der Waals surface area contributed by atoms with Gasteiger partial charge in [0.25, 0.3) is 5.91 Å². The lowest BCUT2D eigenvalue weighted by Crippen LogP contribution is -2.16. The van der Waals surface area contributed by atoms with Gasteiger partial charge >= 0.3 is 0 Å². The monoisotopic (exact) mass is 218 g/mol. The number of pyridine rings is 1. The number of amides is 1. The van der Waals surface area contributed by atoms with Crippen LogP contribution in [0.2, 0.25) is 0 Å². The van der Waals surface area contributed by atoms with E-state index in [2.05, 4.69) is 0 Å². The highest BCUT2D eigenvalue weighted by atomic mass is 16.3. The molecule has 0 radical (unpaired) electrons. The highest BCUT2D eigenvalue weighted by molar-refractivity contribution is 6.05. The predicted molar refractivity (Wildman–Crippen MR) is 59.4 cm³/mol. The first-order valence-corrected chi connectivity index (χ1v) is 4.63. The zero-order chi connectivity index (χ0) is 11.9. The topological polar surface area (TPSA) is 85.3 Å². The molecule has 0 atom stereocenters. The molecule has 0 aliphatic heterocycles. The van der Waals surface area contributed by atoms with Crippen LogP contribution in [0.15, 0.2) is 29.2 Å². The van der Waals surface area contributed by atoms with Gasteiger partial charge in [0, 0.05) is 7.05 Å². The molecule has 2 aromatic rings. The number of nitrogens with two attached hydrogens (primary N) is 1. The van der Waals surface area contributed by atoms with Crippen LogP contribution in [0, 0.1) is 0 Å². The third kappa shape index (κ3) is 1.33. The maximum Gasteiger partial charge on any atom is 0.250 e. The summed E-state index contributed by atoms with van der Waals surface area (Å²) in [6.45, 7) is 0. The lowest BCUT2D eigenvalue weighted by molar-refractivity contribution is 0.100. The van der Waals surface area contributed by atoms with E-state index in [1.54, 1.807) is 25.2 Å². The van der Waals surface area contributed by atoms with Crippen molar-refractivity contribution in [3.63, 3.8) is 0 Å². The highest BCUT2D eigenvalue weighted by Gasteiger charge is 2.12. The van der Waals surface area contributed by atoms with Crippen LogP contribution in [0.3, 0.4) is 0 Å². The molecule has 0 unspecified atom stereocenters. The van der Waals surface area contributed by atoms with E-state index in [0.717, 1.165) is 0 Å². The first-order valence-electron chi connectivity index (χ1n) is 4.63. The molecule has 1 aromatic heterocycles. The Hall–Kier alpha value is -2.30. The smallest absolute Gasteiger partial charge is 0.250 e. The Morgan fingerprint density at radius 3 is 2.75 bits per heavy atom. The van der Waals surface area contributed by atoms with Crippen molar-refractivity contribution in [2.75, 3.05) is 0 Å². The van der Waals surface area contributed by atoms with Gasteiger partial charge in [-0.2, -0.15) is 0 Å². The molecule has 16 heavy (non-hydrogen) atoms. The van der Waals surface area contributed by atoms with Gasteiger partial charge in [-0.1, -0.05) is 6.07 Å². The second-order valence-corrected chi connectivity index (χ2v) is 3.52. The number of aromatic nitrogens is 1. The fourth-order valence-corrected chi connectivity index (χ4v) is 1.75. The lowest BCUT2D eigenvalue weighted by atomic mass is 10.1. The van der Waals surface area contributed by atoms with Gasteiger partial charge in [-0.25, -0.2) is 0 Å². The Morgan fingerprint density at radius 2 is 2.12 bits per heavy atom.